The molecular formula is C19H26O4. The Hall–Kier alpha value is -2.10. The molecule has 0 saturated heterocycles. The molecule has 0 unspecified atom stereocenters. The summed E-state index contributed by atoms with van der Waals surface area (Å²) in [6.07, 6.45) is 3.03. The largest absolute Gasteiger partial charge is 0.421 e. The minimum absolute atomic E-state index is 0.0635. The summed E-state index contributed by atoms with van der Waals surface area (Å²) in [5.41, 5.74) is 3.01. The number of aryl methyl sites for hydroxylation is 1. The molecule has 0 saturated carbocycles. The molecule has 0 heterocycles. The third-order valence-electron chi connectivity index (χ3n) is 3.31. The highest BCUT2D eigenvalue weighted by Crippen LogP contribution is 2.23. The Labute approximate surface area is 138 Å². The molecule has 0 radical (unpaired) electrons. The number of esters is 2. The fourth-order valence-electron chi connectivity index (χ4n) is 2.29. The number of rotatable bonds is 7. The Bertz CT molecular complexity index is 556. The lowest BCUT2D eigenvalue weighted by Gasteiger charge is -2.22. The molecule has 4 heteroatoms. The summed E-state index contributed by atoms with van der Waals surface area (Å²) in [5.74, 6) is -0.904. The van der Waals surface area contributed by atoms with E-state index in [1.165, 1.54) is 19.4 Å². The summed E-state index contributed by atoms with van der Waals surface area (Å²) < 4.78 is 10.4. The van der Waals surface area contributed by atoms with Crippen LogP contribution in [0.25, 0.3) is 6.08 Å². The summed E-state index contributed by atoms with van der Waals surface area (Å²) in [6.45, 7) is 8.69. The first kappa shape index (κ1) is 18.9. The van der Waals surface area contributed by atoms with Gasteiger partial charge >= 0.3 is 11.9 Å². The van der Waals surface area contributed by atoms with Gasteiger partial charge in [-0.05, 0) is 29.5 Å². The van der Waals surface area contributed by atoms with Crippen molar-refractivity contribution in [3.05, 3.63) is 41.0 Å². The van der Waals surface area contributed by atoms with Crippen molar-refractivity contribution in [2.45, 2.75) is 53.8 Å². The van der Waals surface area contributed by atoms with Crippen LogP contribution < -0.4 is 0 Å². The standard InChI is InChI=1S/C19H26O4/c1-6-8-16-9-7-10-17(11-16)12-18(13(2)3)19(22-14(4)20)23-15(5)21/h7,9-13,19H,6,8H2,1-5H3. The molecule has 0 amide bonds. The Morgan fingerprint density at radius 1 is 1.13 bits per heavy atom. The molecule has 23 heavy (non-hydrogen) atoms. The Balaban J connectivity index is 3.17. The molecule has 0 N–H and O–H groups in total. The van der Waals surface area contributed by atoms with E-state index in [0.29, 0.717) is 0 Å². The van der Waals surface area contributed by atoms with Gasteiger partial charge in [0, 0.05) is 19.4 Å². The predicted octanol–water partition coefficient (Wildman–Crippen LogP) is 4.13. The number of carbonyl (C=O) groups is 2. The van der Waals surface area contributed by atoms with Crippen LogP contribution in [0.1, 0.15) is 52.2 Å². The topological polar surface area (TPSA) is 52.6 Å². The first-order valence-corrected chi connectivity index (χ1v) is 7.98. The maximum absolute atomic E-state index is 11.3. The normalized spacial score (nSPS) is 11.7. The highest BCUT2D eigenvalue weighted by atomic mass is 16.7. The smallest absolute Gasteiger partial charge is 0.305 e. The minimum Gasteiger partial charge on any atom is -0.421 e. The molecule has 1 rings (SSSR count). The first-order valence-electron chi connectivity index (χ1n) is 7.98. The van der Waals surface area contributed by atoms with E-state index in [9.17, 15) is 9.59 Å². The molecule has 0 aliphatic heterocycles. The predicted molar refractivity (Wildman–Crippen MR) is 90.6 cm³/mol. The third kappa shape index (κ3) is 6.68. The van der Waals surface area contributed by atoms with E-state index in [1.54, 1.807) is 0 Å². The van der Waals surface area contributed by atoms with Crippen molar-refractivity contribution in [2.24, 2.45) is 5.92 Å². The van der Waals surface area contributed by atoms with E-state index in [4.69, 9.17) is 9.47 Å². The molecule has 0 aromatic heterocycles. The summed E-state index contributed by atoms with van der Waals surface area (Å²) in [7, 11) is 0. The monoisotopic (exact) mass is 318 g/mol. The van der Waals surface area contributed by atoms with Gasteiger partial charge in [0.15, 0.2) is 0 Å². The van der Waals surface area contributed by atoms with Gasteiger partial charge in [0.05, 0.1) is 0 Å². The van der Waals surface area contributed by atoms with Crippen LogP contribution in [0.2, 0.25) is 0 Å². The lowest BCUT2D eigenvalue weighted by molar-refractivity contribution is -0.178. The number of benzene rings is 1. The van der Waals surface area contributed by atoms with Crippen molar-refractivity contribution in [3.63, 3.8) is 0 Å². The summed E-state index contributed by atoms with van der Waals surface area (Å²) in [4.78, 5) is 22.6. The van der Waals surface area contributed by atoms with E-state index in [0.717, 1.165) is 24.0 Å². The summed E-state index contributed by atoms with van der Waals surface area (Å²) in [5, 5.41) is 0. The maximum atomic E-state index is 11.3. The van der Waals surface area contributed by atoms with Crippen LogP contribution in [-0.4, -0.2) is 18.2 Å². The van der Waals surface area contributed by atoms with Crippen molar-refractivity contribution in [3.8, 4) is 0 Å². The van der Waals surface area contributed by atoms with E-state index < -0.39 is 18.2 Å². The van der Waals surface area contributed by atoms with Gasteiger partial charge in [-0.1, -0.05) is 51.5 Å². The van der Waals surface area contributed by atoms with Crippen LogP contribution in [0.3, 0.4) is 0 Å². The number of hydrogen-bond acceptors (Lipinski definition) is 4. The summed E-state index contributed by atoms with van der Waals surface area (Å²) in [6, 6.07) is 8.18. The third-order valence-corrected chi connectivity index (χ3v) is 3.31. The van der Waals surface area contributed by atoms with E-state index in [1.807, 2.05) is 32.1 Å². The lowest BCUT2D eigenvalue weighted by Crippen LogP contribution is -2.26. The van der Waals surface area contributed by atoms with E-state index in [2.05, 4.69) is 19.1 Å². The zero-order valence-corrected chi connectivity index (χ0v) is 14.6. The van der Waals surface area contributed by atoms with Crippen molar-refractivity contribution in [1.29, 1.82) is 0 Å². The molecule has 0 bridgehead atoms. The highest BCUT2D eigenvalue weighted by Gasteiger charge is 2.23. The van der Waals surface area contributed by atoms with Crippen molar-refractivity contribution >= 4 is 18.0 Å². The molecule has 126 valence electrons. The van der Waals surface area contributed by atoms with Crippen molar-refractivity contribution in [1.82, 2.24) is 0 Å². The van der Waals surface area contributed by atoms with Crippen LogP contribution in [0.5, 0.6) is 0 Å². The highest BCUT2D eigenvalue weighted by molar-refractivity contribution is 5.69. The summed E-state index contributed by atoms with van der Waals surface area (Å²) >= 11 is 0. The fraction of sp³-hybridized carbons (Fsp3) is 0.474. The van der Waals surface area contributed by atoms with E-state index >= 15 is 0 Å². The Kier molecular flexibility index (Phi) is 7.52. The second kappa shape index (κ2) is 9.13. The van der Waals surface area contributed by atoms with Gasteiger partial charge in [0.1, 0.15) is 0 Å². The zero-order chi connectivity index (χ0) is 17.4. The van der Waals surface area contributed by atoms with Gasteiger partial charge in [-0.15, -0.1) is 0 Å². The van der Waals surface area contributed by atoms with Gasteiger partial charge < -0.3 is 9.47 Å². The number of carbonyl (C=O) groups excluding carboxylic acids is 2. The fourth-order valence-corrected chi connectivity index (χ4v) is 2.29. The van der Waals surface area contributed by atoms with Gasteiger partial charge in [-0.3, -0.25) is 9.59 Å². The average molecular weight is 318 g/mol. The van der Waals surface area contributed by atoms with Crippen LogP contribution in [0, 0.1) is 5.92 Å². The Morgan fingerprint density at radius 3 is 2.22 bits per heavy atom. The van der Waals surface area contributed by atoms with Crippen molar-refractivity contribution in [2.75, 3.05) is 0 Å². The molecule has 0 aliphatic rings. The second-order valence-corrected chi connectivity index (χ2v) is 5.84. The van der Waals surface area contributed by atoms with Gasteiger partial charge in [-0.25, -0.2) is 0 Å². The molecular weight excluding hydrogens is 292 g/mol. The first-order chi connectivity index (χ1) is 10.8. The molecule has 0 fully saturated rings. The van der Waals surface area contributed by atoms with Crippen LogP contribution in [0.4, 0.5) is 0 Å². The maximum Gasteiger partial charge on any atom is 0.305 e. The number of ether oxygens (including phenoxy) is 2. The average Bonchev–Trinajstić information content (AvgIpc) is 2.43. The molecule has 1 aromatic rings. The SMILES string of the molecule is CCCc1cccc(C=C(C(C)C)C(OC(C)=O)OC(C)=O)c1. The molecule has 4 nitrogen and oxygen atoms in total. The second-order valence-electron chi connectivity index (χ2n) is 5.84. The molecule has 1 aromatic carbocycles. The lowest BCUT2D eigenvalue weighted by atomic mass is 9.98. The van der Waals surface area contributed by atoms with Gasteiger partial charge in [0.2, 0.25) is 0 Å². The Morgan fingerprint density at radius 2 is 1.74 bits per heavy atom. The van der Waals surface area contributed by atoms with Gasteiger partial charge in [-0.2, -0.15) is 0 Å². The van der Waals surface area contributed by atoms with Gasteiger partial charge in [0.25, 0.3) is 6.29 Å². The minimum atomic E-state index is -0.986. The van der Waals surface area contributed by atoms with Crippen molar-refractivity contribution < 1.29 is 19.1 Å². The van der Waals surface area contributed by atoms with Crippen LogP contribution >= 0.6 is 0 Å². The zero-order valence-electron chi connectivity index (χ0n) is 14.6. The van der Waals surface area contributed by atoms with Crippen LogP contribution in [-0.2, 0) is 25.5 Å². The number of hydrogen-bond donors (Lipinski definition) is 0. The molecule has 0 atom stereocenters. The molecule has 0 aliphatic carbocycles. The quantitative estimate of drug-likeness (QED) is 0.560. The van der Waals surface area contributed by atoms with E-state index in [-0.39, 0.29) is 5.92 Å². The molecule has 0 spiro atoms. The van der Waals surface area contributed by atoms with Crippen LogP contribution in [0.15, 0.2) is 29.8 Å².